The van der Waals surface area contributed by atoms with E-state index < -0.39 is 10.8 Å². The van der Waals surface area contributed by atoms with Crippen molar-refractivity contribution in [2.45, 2.75) is 19.0 Å². The Morgan fingerprint density at radius 3 is 2.84 bits per heavy atom. The van der Waals surface area contributed by atoms with Gasteiger partial charge in [0.25, 0.3) is 0 Å². The van der Waals surface area contributed by atoms with Crippen molar-refractivity contribution in [3.8, 4) is 5.82 Å². The second-order valence-corrected chi connectivity index (χ2v) is 6.26. The molecule has 0 fully saturated rings. The van der Waals surface area contributed by atoms with Gasteiger partial charge in [-0.1, -0.05) is 0 Å². The summed E-state index contributed by atoms with van der Waals surface area (Å²) in [6.45, 7) is 3.85. The maximum absolute atomic E-state index is 11.7. The molecule has 0 amide bonds. The predicted molar refractivity (Wildman–Crippen MR) is 74.1 cm³/mol. The van der Waals surface area contributed by atoms with Crippen LogP contribution in [0.15, 0.2) is 16.9 Å². The SMILES string of the molecule is Cc1nc(-n2cnnc2[S@@](C)=O)c2c(C)csc2n1. The van der Waals surface area contributed by atoms with Gasteiger partial charge in [-0.2, -0.15) is 0 Å². The molecule has 8 heteroatoms. The first kappa shape index (κ1) is 12.4. The van der Waals surface area contributed by atoms with E-state index in [0.717, 1.165) is 15.8 Å². The number of rotatable bonds is 2. The summed E-state index contributed by atoms with van der Waals surface area (Å²) in [7, 11) is -1.22. The molecule has 0 aliphatic rings. The molecule has 0 saturated heterocycles. The standard InChI is InChI=1S/C11H11N5OS2/c1-6-4-18-10-8(6)9(13-7(2)14-10)16-5-12-15-11(16)19(3)17/h4-5H,1-3H3/t19-/m1/s1. The molecule has 0 aliphatic heterocycles. The zero-order chi connectivity index (χ0) is 13.6. The molecular formula is C11H11N5OS2. The third-order valence-corrected chi connectivity index (χ3v) is 4.49. The van der Waals surface area contributed by atoms with E-state index >= 15 is 0 Å². The van der Waals surface area contributed by atoms with Crippen LogP contribution in [0.4, 0.5) is 0 Å². The average molecular weight is 293 g/mol. The quantitative estimate of drug-likeness (QED) is 0.718. The molecule has 98 valence electrons. The highest BCUT2D eigenvalue weighted by molar-refractivity contribution is 7.84. The van der Waals surface area contributed by atoms with Crippen LogP contribution >= 0.6 is 11.3 Å². The lowest BCUT2D eigenvalue weighted by Crippen LogP contribution is -2.06. The molecule has 0 aromatic carbocycles. The molecule has 1 atom stereocenters. The van der Waals surface area contributed by atoms with Crippen molar-refractivity contribution in [2.24, 2.45) is 0 Å². The second kappa shape index (κ2) is 4.46. The van der Waals surface area contributed by atoms with Gasteiger partial charge in [-0.15, -0.1) is 21.5 Å². The topological polar surface area (TPSA) is 73.6 Å². The number of hydrogen-bond donors (Lipinski definition) is 0. The van der Waals surface area contributed by atoms with E-state index in [1.54, 1.807) is 22.2 Å². The van der Waals surface area contributed by atoms with Gasteiger partial charge >= 0.3 is 0 Å². The summed E-state index contributed by atoms with van der Waals surface area (Å²) in [6, 6.07) is 0. The maximum Gasteiger partial charge on any atom is 0.226 e. The van der Waals surface area contributed by atoms with Gasteiger partial charge in [-0.05, 0) is 24.8 Å². The van der Waals surface area contributed by atoms with Crippen LogP contribution in [-0.4, -0.2) is 35.2 Å². The molecule has 0 unspecified atom stereocenters. The summed E-state index contributed by atoms with van der Waals surface area (Å²) >= 11 is 1.57. The highest BCUT2D eigenvalue weighted by atomic mass is 32.2. The van der Waals surface area contributed by atoms with Gasteiger partial charge in [0.15, 0.2) is 5.82 Å². The minimum absolute atomic E-state index is 0.394. The molecule has 3 aromatic heterocycles. The minimum Gasteiger partial charge on any atom is -0.257 e. The van der Waals surface area contributed by atoms with Crippen molar-refractivity contribution in [2.75, 3.05) is 6.26 Å². The Morgan fingerprint density at radius 1 is 1.32 bits per heavy atom. The van der Waals surface area contributed by atoms with Crippen molar-refractivity contribution in [3.63, 3.8) is 0 Å². The van der Waals surface area contributed by atoms with Crippen molar-refractivity contribution in [1.29, 1.82) is 0 Å². The van der Waals surface area contributed by atoms with Crippen LogP contribution in [0.25, 0.3) is 16.0 Å². The fraction of sp³-hybridized carbons (Fsp3) is 0.273. The van der Waals surface area contributed by atoms with Crippen LogP contribution in [0.5, 0.6) is 0 Å². The Labute approximate surface area is 116 Å². The smallest absolute Gasteiger partial charge is 0.226 e. The van der Waals surface area contributed by atoms with E-state index in [2.05, 4.69) is 20.2 Å². The summed E-state index contributed by atoms with van der Waals surface area (Å²) in [4.78, 5) is 9.80. The fourth-order valence-corrected chi connectivity index (χ4v) is 3.44. The van der Waals surface area contributed by atoms with E-state index in [-0.39, 0.29) is 0 Å². The van der Waals surface area contributed by atoms with Gasteiger partial charge < -0.3 is 0 Å². The largest absolute Gasteiger partial charge is 0.257 e. The first-order valence-electron chi connectivity index (χ1n) is 5.54. The van der Waals surface area contributed by atoms with Crippen LogP contribution in [0.1, 0.15) is 11.4 Å². The molecule has 6 nitrogen and oxygen atoms in total. The van der Waals surface area contributed by atoms with Crippen LogP contribution < -0.4 is 0 Å². The van der Waals surface area contributed by atoms with Crippen LogP contribution in [0.3, 0.4) is 0 Å². The van der Waals surface area contributed by atoms with E-state index in [4.69, 9.17) is 0 Å². The molecule has 19 heavy (non-hydrogen) atoms. The molecule has 0 radical (unpaired) electrons. The number of nitrogens with zero attached hydrogens (tertiary/aromatic N) is 5. The number of aromatic nitrogens is 5. The summed E-state index contributed by atoms with van der Waals surface area (Å²) < 4.78 is 13.4. The lowest BCUT2D eigenvalue weighted by molar-refractivity contribution is 0.675. The lowest BCUT2D eigenvalue weighted by atomic mass is 10.2. The third kappa shape index (κ3) is 1.96. The van der Waals surface area contributed by atoms with Gasteiger partial charge in [-0.25, -0.2) is 9.97 Å². The van der Waals surface area contributed by atoms with E-state index in [1.165, 1.54) is 6.33 Å². The molecule has 3 rings (SSSR count). The van der Waals surface area contributed by atoms with Crippen LogP contribution in [0.2, 0.25) is 0 Å². The monoisotopic (exact) mass is 293 g/mol. The van der Waals surface area contributed by atoms with Crippen LogP contribution in [-0.2, 0) is 10.8 Å². The van der Waals surface area contributed by atoms with E-state index in [0.29, 0.717) is 16.8 Å². The normalized spacial score (nSPS) is 13.0. The Bertz CT molecular complexity index is 792. The summed E-state index contributed by atoms with van der Waals surface area (Å²) in [5.41, 5.74) is 1.09. The Hall–Kier alpha value is -1.67. The predicted octanol–water partition coefficient (Wildman–Crippen LogP) is 1.63. The van der Waals surface area contributed by atoms with Gasteiger partial charge in [0.1, 0.15) is 17.0 Å². The van der Waals surface area contributed by atoms with Gasteiger partial charge in [0.2, 0.25) is 5.16 Å². The molecule has 0 aliphatic carbocycles. The highest BCUT2D eigenvalue weighted by Gasteiger charge is 2.17. The van der Waals surface area contributed by atoms with E-state index in [9.17, 15) is 4.21 Å². The average Bonchev–Trinajstić information content (AvgIpc) is 2.95. The molecule has 0 spiro atoms. The third-order valence-electron chi connectivity index (χ3n) is 2.71. The maximum atomic E-state index is 11.7. The van der Waals surface area contributed by atoms with Crippen molar-refractivity contribution >= 4 is 32.4 Å². The Morgan fingerprint density at radius 2 is 2.11 bits per heavy atom. The van der Waals surface area contributed by atoms with Gasteiger partial charge in [-0.3, -0.25) is 8.78 Å². The molecule has 3 aromatic rings. The molecule has 3 heterocycles. The minimum atomic E-state index is -1.22. The molecular weight excluding hydrogens is 282 g/mol. The summed E-state index contributed by atoms with van der Waals surface area (Å²) in [5, 5.41) is 11.1. The molecule has 0 saturated carbocycles. The number of thiophene rings is 1. The summed E-state index contributed by atoms with van der Waals surface area (Å²) in [5.74, 6) is 1.36. The van der Waals surface area contributed by atoms with E-state index in [1.807, 2.05) is 19.2 Å². The first-order valence-corrected chi connectivity index (χ1v) is 7.98. The summed E-state index contributed by atoms with van der Waals surface area (Å²) in [6.07, 6.45) is 3.11. The Balaban J connectivity index is 2.38. The molecule has 0 bridgehead atoms. The first-order chi connectivity index (χ1) is 9.08. The zero-order valence-electron chi connectivity index (χ0n) is 10.6. The lowest BCUT2D eigenvalue weighted by Gasteiger charge is -2.07. The van der Waals surface area contributed by atoms with Crippen LogP contribution in [0, 0.1) is 13.8 Å². The molecule has 0 N–H and O–H groups in total. The zero-order valence-corrected chi connectivity index (χ0v) is 12.2. The van der Waals surface area contributed by atoms with Crippen molar-refractivity contribution in [1.82, 2.24) is 24.7 Å². The number of aryl methyl sites for hydroxylation is 2. The van der Waals surface area contributed by atoms with Gasteiger partial charge in [0, 0.05) is 6.26 Å². The van der Waals surface area contributed by atoms with Crippen molar-refractivity contribution < 1.29 is 4.21 Å². The number of hydrogen-bond acceptors (Lipinski definition) is 6. The highest BCUT2D eigenvalue weighted by Crippen LogP contribution is 2.29. The van der Waals surface area contributed by atoms with Gasteiger partial charge in [0.05, 0.1) is 16.2 Å². The second-order valence-electron chi connectivity index (χ2n) is 4.13. The van der Waals surface area contributed by atoms with Crippen molar-refractivity contribution in [3.05, 3.63) is 23.1 Å². The fourth-order valence-electron chi connectivity index (χ4n) is 1.91. The number of fused-ring (bicyclic) bond motifs is 1. The Kier molecular flexibility index (Phi) is 2.90.